The molecule has 0 spiro atoms. The molecule has 1 aromatic carbocycles. The molecule has 7 nitrogen and oxygen atoms in total. The van der Waals surface area contributed by atoms with Gasteiger partial charge in [0.2, 0.25) is 0 Å². The molecule has 1 amide bonds. The fraction of sp³-hybridized carbons (Fsp3) is 0.267. The topological polar surface area (TPSA) is 93.5 Å². The van der Waals surface area contributed by atoms with Gasteiger partial charge in [-0.3, -0.25) is 14.3 Å². The summed E-state index contributed by atoms with van der Waals surface area (Å²) < 4.78 is 7.54. The van der Waals surface area contributed by atoms with Crippen molar-refractivity contribution in [2.45, 2.75) is 26.5 Å². The molecule has 0 fully saturated rings. The van der Waals surface area contributed by atoms with Crippen molar-refractivity contribution in [3.05, 3.63) is 40.5 Å². The number of nitrogens with zero attached hydrogens (tertiary/aromatic N) is 2. The molecule has 0 aliphatic carbocycles. The molecule has 0 aliphatic heterocycles. The third-order valence-electron chi connectivity index (χ3n) is 2.68. The fourth-order valence-electron chi connectivity index (χ4n) is 1.88. The Labute approximate surface area is 141 Å². The number of anilines is 1. The lowest BCUT2D eigenvalue weighted by atomic mass is 10.2. The predicted octanol–water partition coefficient (Wildman–Crippen LogP) is 2.77. The van der Waals surface area contributed by atoms with E-state index < -0.39 is 5.97 Å². The van der Waals surface area contributed by atoms with E-state index in [4.69, 9.17) is 9.84 Å². The molecule has 0 aliphatic rings. The summed E-state index contributed by atoms with van der Waals surface area (Å²) >= 11 is 3.34. The molecule has 122 valence electrons. The van der Waals surface area contributed by atoms with Crippen LogP contribution in [0, 0.1) is 0 Å². The number of nitrogens with one attached hydrogen (secondary N) is 1. The molecular weight excluding hydrogens is 366 g/mol. The minimum Gasteiger partial charge on any atom is -0.491 e. The third-order valence-corrected chi connectivity index (χ3v) is 3.14. The lowest BCUT2D eigenvalue weighted by Crippen LogP contribution is -2.14. The van der Waals surface area contributed by atoms with Gasteiger partial charge in [0.15, 0.2) is 5.82 Å². The van der Waals surface area contributed by atoms with Crippen LogP contribution >= 0.6 is 15.9 Å². The molecule has 0 unspecified atom stereocenters. The summed E-state index contributed by atoms with van der Waals surface area (Å²) in [4.78, 5) is 22.9. The van der Waals surface area contributed by atoms with Crippen LogP contribution in [0.1, 0.15) is 24.2 Å². The Morgan fingerprint density at radius 2 is 2.13 bits per heavy atom. The van der Waals surface area contributed by atoms with Crippen LogP contribution in [0.15, 0.2) is 34.9 Å². The average Bonchev–Trinajstić information content (AvgIpc) is 2.83. The maximum absolute atomic E-state index is 12.3. The van der Waals surface area contributed by atoms with Crippen LogP contribution in [-0.2, 0) is 11.3 Å². The van der Waals surface area contributed by atoms with E-state index >= 15 is 0 Å². The van der Waals surface area contributed by atoms with E-state index in [0.29, 0.717) is 11.3 Å². The standard InChI is InChI=1S/C15H16BrN3O4/c1-9(2)23-12-6-10(5-11(16)7-12)15(22)17-13-3-4-19(18-13)8-14(20)21/h3-7,9H,8H2,1-2H3,(H,20,21)(H,17,18,22). The first-order valence-electron chi connectivity index (χ1n) is 6.87. The Bertz CT molecular complexity index is 727. The summed E-state index contributed by atoms with van der Waals surface area (Å²) in [5.41, 5.74) is 0.405. The largest absolute Gasteiger partial charge is 0.491 e. The number of carboxylic acid groups (broad SMARTS) is 1. The van der Waals surface area contributed by atoms with Gasteiger partial charge in [0.05, 0.1) is 6.10 Å². The monoisotopic (exact) mass is 381 g/mol. The van der Waals surface area contributed by atoms with Gasteiger partial charge in [0.1, 0.15) is 12.3 Å². The van der Waals surface area contributed by atoms with Gasteiger partial charge in [-0.2, -0.15) is 5.10 Å². The number of rotatable bonds is 6. The lowest BCUT2D eigenvalue weighted by Gasteiger charge is -2.11. The molecule has 8 heteroatoms. The molecule has 1 aromatic heterocycles. The van der Waals surface area contributed by atoms with Crippen molar-refractivity contribution in [2.75, 3.05) is 5.32 Å². The number of aliphatic carboxylic acids is 1. The summed E-state index contributed by atoms with van der Waals surface area (Å²) in [6.07, 6.45) is 1.48. The number of amides is 1. The van der Waals surface area contributed by atoms with Crippen molar-refractivity contribution in [3.63, 3.8) is 0 Å². The van der Waals surface area contributed by atoms with Crippen molar-refractivity contribution in [1.82, 2.24) is 9.78 Å². The number of carbonyl (C=O) groups is 2. The highest BCUT2D eigenvalue weighted by molar-refractivity contribution is 9.10. The second-order valence-electron chi connectivity index (χ2n) is 5.09. The summed E-state index contributed by atoms with van der Waals surface area (Å²) in [5.74, 6) is -0.507. The summed E-state index contributed by atoms with van der Waals surface area (Å²) in [5, 5.41) is 15.3. The number of ether oxygens (including phenoxy) is 1. The van der Waals surface area contributed by atoms with Gasteiger partial charge in [0.25, 0.3) is 5.91 Å². The molecule has 0 atom stereocenters. The molecule has 0 saturated heterocycles. The number of carbonyl (C=O) groups excluding carboxylic acids is 1. The fourth-order valence-corrected chi connectivity index (χ4v) is 2.35. The van der Waals surface area contributed by atoms with Gasteiger partial charge in [-0.05, 0) is 32.0 Å². The van der Waals surface area contributed by atoms with Crippen molar-refractivity contribution in [2.24, 2.45) is 0 Å². The van der Waals surface area contributed by atoms with E-state index in [9.17, 15) is 9.59 Å². The Morgan fingerprint density at radius 3 is 2.78 bits per heavy atom. The number of hydrogen-bond donors (Lipinski definition) is 2. The van der Waals surface area contributed by atoms with Gasteiger partial charge in [-0.15, -0.1) is 0 Å². The number of aromatic nitrogens is 2. The first-order chi connectivity index (χ1) is 10.8. The zero-order chi connectivity index (χ0) is 17.0. The first-order valence-corrected chi connectivity index (χ1v) is 7.66. The number of halogens is 1. The summed E-state index contributed by atoms with van der Waals surface area (Å²) in [7, 11) is 0. The summed E-state index contributed by atoms with van der Waals surface area (Å²) in [6, 6.07) is 6.60. The highest BCUT2D eigenvalue weighted by Gasteiger charge is 2.12. The van der Waals surface area contributed by atoms with Crippen LogP contribution in [-0.4, -0.2) is 32.9 Å². The van der Waals surface area contributed by atoms with Crippen LogP contribution in [0.4, 0.5) is 5.82 Å². The lowest BCUT2D eigenvalue weighted by molar-refractivity contribution is -0.137. The van der Waals surface area contributed by atoms with Gasteiger partial charge >= 0.3 is 5.97 Å². The first kappa shape index (κ1) is 17.0. The van der Waals surface area contributed by atoms with Gasteiger partial charge in [-0.25, -0.2) is 0 Å². The Kier molecular flexibility index (Phi) is 5.38. The molecule has 0 saturated carbocycles. The van der Waals surface area contributed by atoms with E-state index in [1.807, 2.05) is 13.8 Å². The van der Waals surface area contributed by atoms with E-state index in [0.717, 1.165) is 4.47 Å². The minimum atomic E-state index is -1.01. The van der Waals surface area contributed by atoms with Crippen LogP contribution in [0.5, 0.6) is 5.75 Å². The van der Waals surface area contributed by atoms with Crippen molar-refractivity contribution in [1.29, 1.82) is 0 Å². The van der Waals surface area contributed by atoms with Crippen LogP contribution in [0.2, 0.25) is 0 Å². The number of carboxylic acids is 1. The SMILES string of the molecule is CC(C)Oc1cc(Br)cc(C(=O)Nc2ccn(CC(=O)O)n2)c1. The number of benzene rings is 1. The third kappa shape index (κ3) is 5.10. The van der Waals surface area contributed by atoms with Gasteiger partial charge < -0.3 is 15.2 Å². The molecule has 23 heavy (non-hydrogen) atoms. The Balaban J connectivity index is 2.12. The zero-order valence-corrected chi connectivity index (χ0v) is 14.2. The van der Waals surface area contributed by atoms with E-state index in [2.05, 4.69) is 26.3 Å². The normalized spacial score (nSPS) is 10.6. The molecule has 2 aromatic rings. The zero-order valence-electron chi connectivity index (χ0n) is 12.6. The van der Waals surface area contributed by atoms with Crippen molar-refractivity contribution < 1.29 is 19.4 Å². The van der Waals surface area contributed by atoms with Crippen LogP contribution in [0.25, 0.3) is 0 Å². The quantitative estimate of drug-likeness (QED) is 0.802. The van der Waals surface area contributed by atoms with Crippen molar-refractivity contribution >= 4 is 33.6 Å². The minimum absolute atomic E-state index is 0.00747. The summed E-state index contributed by atoms with van der Waals surface area (Å²) in [6.45, 7) is 3.53. The Morgan fingerprint density at radius 1 is 1.39 bits per heavy atom. The van der Waals surface area contributed by atoms with E-state index in [-0.39, 0.29) is 24.4 Å². The second-order valence-corrected chi connectivity index (χ2v) is 6.00. The maximum Gasteiger partial charge on any atom is 0.325 e. The predicted molar refractivity (Wildman–Crippen MR) is 87.7 cm³/mol. The maximum atomic E-state index is 12.3. The smallest absolute Gasteiger partial charge is 0.325 e. The van der Waals surface area contributed by atoms with Crippen molar-refractivity contribution in [3.8, 4) is 5.75 Å². The average molecular weight is 382 g/mol. The molecule has 2 rings (SSSR count). The molecular formula is C15H16BrN3O4. The highest BCUT2D eigenvalue weighted by Crippen LogP contribution is 2.23. The van der Waals surface area contributed by atoms with Crippen LogP contribution < -0.4 is 10.1 Å². The second kappa shape index (κ2) is 7.28. The van der Waals surface area contributed by atoms with E-state index in [1.54, 1.807) is 18.2 Å². The molecule has 0 bridgehead atoms. The Hall–Kier alpha value is -2.35. The molecule has 2 N–H and O–H groups in total. The highest BCUT2D eigenvalue weighted by atomic mass is 79.9. The number of hydrogen-bond acceptors (Lipinski definition) is 4. The van der Waals surface area contributed by atoms with Gasteiger partial charge in [0, 0.05) is 22.3 Å². The molecule has 0 radical (unpaired) electrons. The van der Waals surface area contributed by atoms with Crippen LogP contribution in [0.3, 0.4) is 0 Å². The molecule has 1 heterocycles. The van der Waals surface area contributed by atoms with E-state index in [1.165, 1.54) is 16.9 Å². The van der Waals surface area contributed by atoms with Gasteiger partial charge in [-0.1, -0.05) is 15.9 Å².